The molecule has 1 saturated carbocycles. The molecular formula is C17H24BrNO4. The van der Waals surface area contributed by atoms with Gasteiger partial charge < -0.3 is 19.5 Å². The van der Waals surface area contributed by atoms with Crippen LogP contribution < -0.4 is 19.5 Å². The van der Waals surface area contributed by atoms with Gasteiger partial charge >= 0.3 is 0 Å². The molecule has 1 aliphatic rings. The van der Waals surface area contributed by atoms with Gasteiger partial charge in [-0.05, 0) is 40.8 Å². The molecule has 1 aliphatic carbocycles. The maximum absolute atomic E-state index is 12.7. The molecule has 1 amide bonds. The lowest BCUT2D eigenvalue weighted by atomic mass is 9.86. The fourth-order valence-electron chi connectivity index (χ4n) is 3.06. The molecule has 0 heterocycles. The Morgan fingerprint density at radius 2 is 1.78 bits per heavy atom. The van der Waals surface area contributed by atoms with Crippen LogP contribution in [0.25, 0.3) is 0 Å². The Morgan fingerprint density at radius 3 is 2.35 bits per heavy atom. The normalized spacial score (nSPS) is 20.7. The summed E-state index contributed by atoms with van der Waals surface area (Å²) in [7, 11) is 4.61. The summed E-state index contributed by atoms with van der Waals surface area (Å²) >= 11 is 3.46. The number of carbonyl (C=O) groups is 1. The van der Waals surface area contributed by atoms with E-state index in [1.54, 1.807) is 6.07 Å². The molecule has 1 fully saturated rings. The first-order valence-corrected chi connectivity index (χ1v) is 8.62. The zero-order chi connectivity index (χ0) is 17.0. The van der Waals surface area contributed by atoms with Crippen molar-refractivity contribution in [3.8, 4) is 17.2 Å². The van der Waals surface area contributed by atoms with Crippen molar-refractivity contribution >= 4 is 21.8 Å². The third-order valence-corrected chi connectivity index (χ3v) is 5.23. The van der Waals surface area contributed by atoms with Crippen molar-refractivity contribution in [1.82, 2.24) is 5.32 Å². The third-order valence-electron chi connectivity index (χ3n) is 4.44. The summed E-state index contributed by atoms with van der Waals surface area (Å²) < 4.78 is 16.6. The highest BCUT2D eigenvalue weighted by atomic mass is 79.9. The predicted molar refractivity (Wildman–Crippen MR) is 92.7 cm³/mol. The van der Waals surface area contributed by atoms with Crippen LogP contribution in [0, 0.1) is 5.92 Å². The van der Waals surface area contributed by atoms with Gasteiger partial charge in [0.15, 0.2) is 11.5 Å². The van der Waals surface area contributed by atoms with Gasteiger partial charge in [0.1, 0.15) is 0 Å². The maximum Gasteiger partial charge on any atom is 0.252 e. The van der Waals surface area contributed by atoms with E-state index in [-0.39, 0.29) is 11.9 Å². The lowest BCUT2D eigenvalue weighted by Gasteiger charge is -2.29. The van der Waals surface area contributed by atoms with E-state index in [0.29, 0.717) is 33.2 Å². The summed E-state index contributed by atoms with van der Waals surface area (Å²) in [5.41, 5.74) is 0.484. The quantitative estimate of drug-likeness (QED) is 0.837. The lowest BCUT2D eigenvalue weighted by Crippen LogP contribution is -2.41. The number of benzene rings is 1. The summed E-state index contributed by atoms with van der Waals surface area (Å²) in [6.45, 7) is 2.19. The maximum atomic E-state index is 12.7. The zero-order valence-corrected chi connectivity index (χ0v) is 15.7. The molecular weight excluding hydrogens is 362 g/mol. The third kappa shape index (κ3) is 3.74. The summed E-state index contributed by atoms with van der Waals surface area (Å²) in [6.07, 6.45) is 4.57. The summed E-state index contributed by atoms with van der Waals surface area (Å²) in [5.74, 6) is 1.75. The van der Waals surface area contributed by atoms with E-state index in [4.69, 9.17) is 14.2 Å². The second-order valence-electron chi connectivity index (χ2n) is 5.85. The first kappa shape index (κ1) is 17.9. The van der Waals surface area contributed by atoms with Gasteiger partial charge in [0.25, 0.3) is 5.91 Å². The fraction of sp³-hybridized carbons (Fsp3) is 0.588. The molecule has 6 heteroatoms. The van der Waals surface area contributed by atoms with Crippen LogP contribution >= 0.6 is 15.9 Å². The molecule has 1 aromatic carbocycles. The molecule has 5 nitrogen and oxygen atoms in total. The number of rotatable bonds is 5. The summed E-state index contributed by atoms with van der Waals surface area (Å²) in [4.78, 5) is 12.7. The smallest absolute Gasteiger partial charge is 0.252 e. The molecule has 2 atom stereocenters. The molecule has 0 saturated heterocycles. The number of amides is 1. The van der Waals surface area contributed by atoms with E-state index >= 15 is 0 Å². The monoisotopic (exact) mass is 385 g/mol. The SMILES string of the molecule is COc1cc(C(=O)NC2CCCCC2C)c(Br)c(OC)c1OC. The molecule has 2 unspecified atom stereocenters. The molecule has 0 aromatic heterocycles. The minimum absolute atomic E-state index is 0.130. The lowest BCUT2D eigenvalue weighted by molar-refractivity contribution is 0.0908. The zero-order valence-electron chi connectivity index (χ0n) is 14.1. The number of halogens is 1. The van der Waals surface area contributed by atoms with Gasteiger partial charge in [-0.25, -0.2) is 0 Å². The minimum atomic E-state index is -0.130. The van der Waals surface area contributed by atoms with E-state index in [1.165, 1.54) is 27.8 Å². The Morgan fingerprint density at radius 1 is 1.13 bits per heavy atom. The van der Waals surface area contributed by atoms with Gasteiger partial charge in [0, 0.05) is 6.04 Å². The van der Waals surface area contributed by atoms with Gasteiger partial charge in [-0.15, -0.1) is 0 Å². The molecule has 0 bridgehead atoms. The van der Waals surface area contributed by atoms with E-state index in [2.05, 4.69) is 28.2 Å². The largest absolute Gasteiger partial charge is 0.493 e. The van der Waals surface area contributed by atoms with Crippen LogP contribution in [0.1, 0.15) is 43.0 Å². The van der Waals surface area contributed by atoms with Crippen LogP contribution in [0.4, 0.5) is 0 Å². The molecule has 2 rings (SSSR count). The number of nitrogens with one attached hydrogen (secondary N) is 1. The van der Waals surface area contributed by atoms with Gasteiger partial charge in [-0.2, -0.15) is 0 Å². The number of carbonyl (C=O) groups excluding carboxylic acids is 1. The van der Waals surface area contributed by atoms with Crippen LogP contribution in [0.2, 0.25) is 0 Å². The van der Waals surface area contributed by atoms with E-state index in [0.717, 1.165) is 19.3 Å². The van der Waals surface area contributed by atoms with Gasteiger partial charge in [-0.3, -0.25) is 4.79 Å². The van der Waals surface area contributed by atoms with Crippen molar-refractivity contribution < 1.29 is 19.0 Å². The Bertz CT molecular complexity index is 576. The molecule has 1 N–H and O–H groups in total. The van der Waals surface area contributed by atoms with Crippen molar-refractivity contribution in [3.05, 3.63) is 16.1 Å². The summed E-state index contributed by atoms with van der Waals surface area (Å²) in [6, 6.07) is 1.89. The molecule has 1 aromatic rings. The number of methoxy groups -OCH3 is 3. The predicted octanol–water partition coefficient (Wildman–Crippen LogP) is 3.78. The topological polar surface area (TPSA) is 56.8 Å². The molecule has 0 aliphatic heterocycles. The molecule has 128 valence electrons. The van der Waals surface area contributed by atoms with Crippen molar-refractivity contribution in [3.63, 3.8) is 0 Å². The van der Waals surface area contributed by atoms with Crippen molar-refractivity contribution in [2.45, 2.75) is 38.6 Å². The second-order valence-corrected chi connectivity index (χ2v) is 6.64. The van der Waals surface area contributed by atoms with E-state index < -0.39 is 0 Å². The van der Waals surface area contributed by atoms with Gasteiger partial charge in [0.05, 0.1) is 31.4 Å². The number of ether oxygens (including phenoxy) is 3. The Kier molecular flexibility index (Phi) is 6.16. The van der Waals surface area contributed by atoms with Crippen molar-refractivity contribution in [2.24, 2.45) is 5.92 Å². The fourth-order valence-corrected chi connectivity index (χ4v) is 3.70. The first-order chi connectivity index (χ1) is 11.0. The van der Waals surface area contributed by atoms with Gasteiger partial charge in [-0.1, -0.05) is 19.8 Å². The Balaban J connectivity index is 2.32. The van der Waals surface area contributed by atoms with Crippen LogP contribution in [0.15, 0.2) is 10.5 Å². The highest BCUT2D eigenvalue weighted by Crippen LogP contribution is 2.44. The van der Waals surface area contributed by atoms with E-state index in [1.807, 2.05) is 0 Å². The number of hydrogen-bond acceptors (Lipinski definition) is 4. The average Bonchev–Trinajstić information content (AvgIpc) is 2.56. The van der Waals surface area contributed by atoms with Crippen LogP contribution in [-0.2, 0) is 0 Å². The number of hydrogen-bond donors (Lipinski definition) is 1. The first-order valence-electron chi connectivity index (χ1n) is 7.82. The Labute approximate surface area is 145 Å². The molecule has 23 heavy (non-hydrogen) atoms. The summed E-state index contributed by atoms with van der Waals surface area (Å²) in [5, 5.41) is 3.14. The van der Waals surface area contributed by atoms with Crippen LogP contribution in [0.3, 0.4) is 0 Å². The minimum Gasteiger partial charge on any atom is -0.493 e. The van der Waals surface area contributed by atoms with Crippen LogP contribution in [0.5, 0.6) is 17.2 Å². The highest BCUT2D eigenvalue weighted by molar-refractivity contribution is 9.10. The van der Waals surface area contributed by atoms with E-state index in [9.17, 15) is 4.79 Å². The Hall–Kier alpha value is -1.43. The molecule has 0 spiro atoms. The average molecular weight is 386 g/mol. The molecule has 0 radical (unpaired) electrons. The van der Waals surface area contributed by atoms with Gasteiger partial charge in [0.2, 0.25) is 5.75 Å². The second kappa shape index (κ2) is 7.90. The van der Waals surface area contributed by atoms with Crippen molar-refractivity contribution in [1.29, 1.82) is 0 Å². The standard InChI is InChI=1S/C17H24BrNO4/c1-10-7-5-6-8-12(10)19-17(20)11-9-13(21-2)15(22-3)16(23-4)14(11)18/h9-10,12H,5-8H2,1-4H3,(H,19,20). The van der Waals surface area contributed by atoms with Crippen LogP contribution in [-0.4, -0.2) is 33.3 Å². The van der Waals surface area contributed by atoms with Crippen molar-refractivity contribution in [2.75, 3.05) is 21.3 Å². The highest BCUT2D eigenvalue weighted by Gasteiger charge is 2.27.